The summed E-state index contributed by atoms with van der Waals surface area (Å²) >= 11 is 5.84. The molecule has 110 valence electrons. The maximum atomic E-state index is 11.8. The number of hydrogen-bond donors (Lipinski definition) is 2. The molecule has 1 aliphatic heterocycles. The molecule has 1 atom stereocenters. The van der Waals surface area contributed by atoms with Gasteiger partial charge in [0.05, 0.1) is 11.5 Å². The van der Waals surface area contributed by atoms with Crippen LogP contribution >= 0.6 is 11.6 Å². The van der Waals surface area contributed by atoms with E-state index in [0.717, 1.165) is 5.56 Å². The molecule has 0 radical (unpaired) electrons. The van der Waals surface area contributed by atoms with Crippen LogP contribution in [0.4, 0.5) is 10.5 Å². The van der Waals surface area contributed by atoms with Gasteiger partial charge in [-0.3, -0.25) is 0 Å². The first-order valence-electron chi connectivity index (χ1n) is 6.37. The van der Waals surface area contributed by atoms with E-state index in [1.807, 2.05) is 6.92 Å². The lowest BCUT2D eigenvalue weighted by Gasteiger charge is -2.12. The van der Waals surface area contributed by atoms with Crippen molar-refractivity contribution in [2.45, 2.75) is 13.3 Å². The number of anilines is 1. The number of urea groups is 1. The van der Waals surface area contributed by atoms with Crippen LogP contribution in [-0.4, -0.2) is 32.5 Å². The molecule has 1 fully saturated rings. The molecule has 2 rings (SSSR count). The lowest BCUT2D eigenvalue weighted by atomic mass is 10.1. The number of amides is 2. The van der Waals surface area contributed by atoms with E-state index in [9.17, 15) is 13.2 Å². The number of nitrogens with one attached hydrogen (secondary N) is 2. The van der Waals surface area contributed by atoms with Gasteiger partial charge in [0.15, 0.2) is 9.84 Å². The van der Waals surface area contributed by atoms with Gasteiger partial charge < -0.3 is 10.6 Å². The molecule has 0 spiro atoms. The Morgan fingerprint density at radius 3 is 2.80 bits per heavy atom. The van der Waals surface area contributed by atoms with Gasteiger partial charge in [-0.05, 0) is 43.0 Å². The van der Waals surface area contributed by atoms with E-state index in [1.54, 1.807) is 18.2 Å². The SMILES string of the molecule is Cc1cc(Cl)ccc1NC(=O)NC[C@H]1CCS(=O)(=O)C1. The molecule has 0 aliphatic carbocycles. The monoisotopic (exact) mass is 316 g/mol. The molecule has 1 aromatic carbocycles. The molecule has 20 heavy (non-hydrogen) atoms. The van der Waals surface area contributed by atoms with Gasteiger partial charge in [-0.1, -0.05) is 11.6 Å². The van der Waals surface area contributed by atoms with Crippen LogP contribution in [0.15, 0.2) is 18.2 Å². The standard InChI is InChI=1S/C13H17ClN2O3S/c1-9-6-11(14)2-3-12(9)16-13(17)15-7-10-4-5-20(18,19)8-10/h2-3,6,10H,4-5,7-8H2,1H3,(H2,15,16,17)/t10-/m1/s1. The number of halogens is 1. The Bertz CT molecular complexity index is 616. The number of benzene rings is 1. The van der Waals surface area contributed by atoms with Crippen molar-refractivity contribution in [2.24, 2.45) is 5.92 Å². The third-order valence-electron chi connectivity index (χ3n) is 3.31. The molecule has 1 heterocycles. The second-order valence-electron chi connectivity index (χ2n) is 5.06. The van der Waals surface area contributed by atoms with E-state index >= 15 is 0 Å². The van der Waals surface area contributed by atoms with E-state index < -0.39 is 9.84 Å². The van der Waals surface area contributed by atoms with Crippen LogP contribution in [0.3, 0.4) is 0 Å². The first kappa shape index (κ1) is 15.1. The maximum Gasteiger partial charge on any atom is 0.319 e. The summed E-state index contributed by atoms with van der Waals surface area (Å²) in [6.07, 6.45) is 0.614. The van der Waals surface area contributed by atoms with Crippen LogP contribution in [-0.2, 0) is 9.84 Å². The summed E-state index contributed by atoms with van der Waals surface area (Å²) in [6, 6.07) is 4.87. The lowest BCUT2D eigenvalue weighted by molar-refractivity contribution is 0.250. The fourth-order valence-electron chi connectivity index (χ4n) is 2.20. The van der Waals surface area contributed by atoms with E-state index in [-0.39, 0.29) is 23.5 Å². The molecule has 1 aromatic rings. The Morgan fingerprint density at radius 2 is 2.20 bits per heavy atom. The van der Waals surface area contributed by atoms with Gasteiger partial charge in [0.25, 0.3) is 0 Å². The van der Waals surface area contributed by atoms with Gasteiger partial charge in [0.2, 0.25) is 0 Å². The van der Waals surface area contributed by atoms with Gasteiger partial charge in [-0.15, -0.1) is 0 Å². The molecule has 0 aromatic heterocycles. The second-order valence-corrected chi connectivity index (χ2v) is 7.73. The Labute approximate surface area is 123 Å². The normalized spacial score (nSPS) is 20.6. The van der Waals surface area contributed by atoms with Gasteiger partial charge in [-0.2, -0.15) is 0 Å². The smallest absolute Gasteiger partial charge is 0.319 e. The quantitative estimate of drug-likeness (QED) is 0.897. The molecule has 1 saturated heterocycles. The zero-order valence-electron chi connectivity index (χ0n) is 11.1. The Hall–Kier alpha value is -1.27. The van der Waals surface area contributed by atoms with Crippen molar-refractivity contribution in [2.75, 3.05) is 23.4 Å². The van der Waals surface area contributed by atoms with Crippen LogP contribution in [0.2, 0.25) is 5.02 Å². The van der Waals surface area contributed by atoms with Crippen LogP contribution in [0.25, 0.3) is 0 Å². The van der Waals surface area contributed by atoms with E-state index in [2.05, 4.69) is 10.6 Å². The first-order chi connectivity index (χ1) is 9.35. The fraction of sp³-hybridized carbons (Fsp3) is 0.462. The third-order valence-corrected chi connectivity index (χ3v) is 5.39. The molecule has 0 bridgehead atoms. The molecule has 1 aliphatic rings. The fourth-order valence-corrected chi connectivity index (χ4v) is 4.29. The largest absolute Gasteiger partial charge is 0.338 e. The molecular weight excluding hydrogens is 300 g/mol. The van der Waals surface area contributed by atoms with Gasteiger partial charge >= 0.3 is 6.03 Å². The van der Waals surface area contributed by atoms with Crippen LogP contribution in [0, 0.1) is 12.8 Å². The van der Waals surface area contributed by atoms with Crippen LogP contribution in [0.5, 0.6) is 0 Å². The third kappa shape index (κ3) is 4.11. The zero-order chi connectivity index (χ0) is 14.8. The highest BCUT2D eigenvalue weighted by Crippen LogP contribution is 2.20. The van der Waals surface area contributed by atoms with Crippen molar-refractivity contribution in [3.8, 4) is 0 Å². The Morgan fingerprint density at radius 1 is 1.45 bits per heavy atom. The van der Waals surface area contributed by atoms with Gasteiger partial charge in [-0.25, -0.2) is 13.2 Å². The lowest BCUT2D eigenvalue weighted by Crippen LogP contribution is -2.33. The minimum absolute atomic E-state index is 0.0112. The van der Waals surface area contributed by atoms with E-state index in [0.29, 0.717) is 23.7 Å². The number of sulfone groups is 1. The molecule has 5 nitrogen and oxygen atoms in total. The summed E-state index contributed by atoms with van der Waals surface area (Å²) in [4.78, 5) is 11.8. The van der Waals surface area contributed by atoms with E-state index in [1.165, 1.54) is 0 Å². The summed E-state index contributed by atoms with van der Waals surface area (Å²) in [6.45, 7) is 2.22. The van der Waals surface area contributed by atoms with Crippen molar-refractivity contribution in [3.05, 3.63) is 28.8 Å². The van der Waals surface area contributed by atoms with Crippen molar-refractivity contribution >= 4 is 33.2 Å². The number of carbonyl (C=O) groups is 1. The summed E-state index contributed by atoms with van der Waals surface area (Å²) in [5.41, 5.74) is 1.56. The molecule has 2 N–H and O–H groups in total. The van der Waals surface area contributed by atoms with Crippen molar-refractivity contribution < 1.29 is 13.2 Å². The minimum atomic E-state index is -2.90. The van der Waals surface area contributed by atoms with E-state index in [4.69, 9.17) is 11.6 Å². The molecule has 0 unspecified atom stereocenters. The maximum absolute atomic E-state index is 11.8. The highest BCUT2D eigenvalue weighted by molar-refractivity contribution is 7.91. The summed E-state index contributed by atoms with van der Waals surface area (Å²) in [5.74, 6) is 0.391. The highest BCUT2D eigenvalue weighted by atomic mass is 35.5. The first-order valence-corrected chi connectivity index (χ1v) is 8.57. The predicted molar refractivity (Wildman–Crippen MR) is 80.0 cm³/mol. The number of hydrogen-bond acceptors (Lipinski definition) is 3. The summed E-state index contributed by atoms with van der Waals surface area (Å²) < 4.78 is 22.6. The number of rotatable bonds is 3. The molecular formula is C13H17ClN2O3S. The number of carbonyl (C=O) groups excluding carboxylic acids is 1. The average Bonchev–Trinajstić information content (AvgIpc) is 2.70. The molecule has 7 heteroatoms. The summed E-state index contributed by atoms with van der Waals surface area (Å²) in [7, 11) is -2.90. The minimum Gasteiger partial charge on any atom is -0.338 e. The van der Waals surface area contributed by atoms with Crippen LogP contribution < -0.4 is 10.6 Å². The van der Waals surface area contributed by atoms with Crippen molar-refractivity contribution in [3.63, 3.8) is 0 Å². The topological polar surface area (TPSA) is 75.3 Å². The van der Waals surface area contributed by atoms with Crippen molar-refractivity contribution in [1.29, 1.82) is 0 Å². The molecule has 0 saturated carbocycles. The highest BCUT2D eigenvalue weighted by Gasteiger charge is 2.27. The Kier molecular flexibility index (Phi) is 4.55. The summed E-state index contributed by atoms with van der Waals surface area (Å²) in [5, 5.41) is 6.04. The average molecular weight is 317 g/mol. The predicted octanol–water partition coefficient (Wildman–Crippen LogP) is 2.20. The molecule has 2 amide bonds. The Balaban J connectivity index is 1.84. The second kappa shape index (κ2) is 6.01. The van der Waals surface area contributed by atoms with Gasteiger partial charge in [0.1, 0.15) is 0 Å². The number of aryl methyl sites for hydroxylation is 1. The zero-order valence-corrected chi connectivity index (χ0v) is 12.7. The van der Waals surface area contributed by atoms with Crippen molar-refractivity contribution in [1.82, 2.24) is 5.32 Å². The van der Waals surface area contributed by atoms with Crippen LogP contribution in [0.1, 0.15) is 12.0 Å². The van der Waals surface area contributed by atoms with Gasteiger partial charge in [0, 0.05) is 17.3 Å².